The summed E-state index contributed by atoms with van der Waals surface area (Å²) >= 11 is 0. The highest BCUT2D eigenvalue weighted by molar-refractivity contribution is 6.04. The van der Waals surface area contributed by atoms with E-state index >= 15 is 0 Å². The van der Waals surface area contributed by atoms with Crippen molar-refractivity contribution in [2.45, 2.75) is 0 Å². The summed E-state index contributed by atoms with van der Waals surface area (Å²) in [6.07, 6.45) is 2.28. The summed E-state index contributed by atoms with van der Waals surface area (Å²) in [4.78, 5) is 29.7. The van der Waals surface area contributed by atoms with Crippen molar-refractivity contribution in [1.29, 1.82) is 0 Å². The minimum Gasteiger partial charge on any atom is -0.337 e. The predicted molar refractivity (Wildman–Crippen MR) is 75.9 cm³/mol. The number of aldehydes is 1. The number of carbonyl (C=O) groups is 2. The molecule has 98 valence electrons. The molecule has 3 rings (SSSR count). The lowest BCUT2D eigenvalue weighted by molar-refractivity contribution is 0.102. The largest absolute Gasteiger partial charge is 0.337 e. The molecule has 20 heavy (non-hydrogen) atoms. The van der Waals surface area contributed by atoms with Gasteiger partial charge in [0, 0.05) is 10.9 Å². The first kappa shape index (κ1) is 12.1. The maximum Gasteiger partial charge on any atom is 0.255 e. The molecular formula is C15H11N3O2. The van der Waals surface area contributed by atoms with E-state index in [-0.39, 0.29) is 5.91 Å². The molecule has 0 bridgehead atoms. The number of hydrogen-bond acceptors (Lipinski definition) is 3. The fourth-order valence-corrected chi connectivity index (χ4v) is 1.96. The summed E-state index contributed by atoms with van der Waals surface area (Å²) < 4.78 is 0. The standard InChI is InChI=1S/C15H11N3O2/c19-9-13-7-11-6-12(8-16-14(11)17-13)18-15(20)10-4-2-1-3-5-10/h1-9H,(H,16,17)(H,18,20). The number of H-pyrrole nitrogens is 1. The number of anilines is 1. The number of amides is 1. The highest BCUT2D eigenvalue weighted by Gasteiger charge is 2.07. The Morgan fingerprint density at radius 2 is 2.00 bits per heavy atom. The molecule has 5 heteroatoms. The highest BCUT2D eigenvalue weighted by Crippen LogP contribution is 2.17. The van der Waals surface area contributed by atoms with Gasteiger partial charge in [-0.1, -0.05) is 18.2 Å². The lowest BCUT2D eigenvalue weighted by atomic mass is 10.2. The molecule has 0 aliphatic heterocycles. The average molecular weight is 265 g/mol. The van der Waals surface area contributed by atoms with E-state index in [9.17, 15) is 9.59 Å². The molecule has 2 aromatic heterocycles. The van der Waals surface area contributed by atoms with Gasteiger partial charge in [0.05, 0.1) is 17.6 Å². The fourth-order valence-electron chi connectivity index (χ4n) is 1.96. The second-order valence-electron chi connectivity index (χ2n) is 4.32. The first-order valence-electron chi connectivity index (χ1n) is 6.06. The van der Waals surface area contributed by atoms with Crippen molar-refractivity contribution in [3.63, 3.8) is 0 Å². The molecule has 1 aromatic carbocycles. The molecule has 0 saturated carbocycles. The van der Waals surface area contributed by atoms with Crippen molar-refractivity contribution >= 4 is 28.9 Å². The molecule has 5 nitrogen and oxygen atoms in total. The van der Waals surface area contributed by atoms with Gasteiger partial charge in [-0.3, -0.25) is 9.59 Å². The van der Waals surface area contributed by atoms with Crippen LogP contribution in [0.2, 0.25) is 0 Å². The van der Waals surface area contributed by atoms with Gasteiger partial charge in [0.15, 0.2) is 6.29 Å². The van der Waals surface area contributed by atoms with Gasteiger partial charge in [0.1, 0.15) is 5.65 Å². The molecule has 0 aliphatic carbocycles. The van der Waals surface area contributed by atoms with E-state index in [1.54, 1.807) is 42.6 Å². The smallest absolute Gasteiger partial charge is 0.255 e. The van der Waals surface area contributed by atoms with Crippen LogP contribution in [0.5, 0.6) is 0 Å². The SMILES string of the molecule is O=Cc1cc2cc(NC(=O)c3ccccc3)cnc2[nH]1. The van der Waals surface area contributed by atoms with Gasteiger partial charge in [-0.15, -0.1) is 0 Å². The Morgan fingerprint density at radius 3 is 2.75 bits per heavy atom. The lowest BCUT2D eigenvalue weighted by Crippen LogP contribution is -2.11. The number of rotatable bonds is 3. The molecular weight excluding hydrogens is 254 g/mol. The van der Waals surface area contributed by atoms with Gasteiger partial charge in [0.25, 0.3) is 5.91 Å². The van der Waals surface area contributed by atoms with Crippen LogP contribution in [-0.4, -0.2) is 22.2 Å². The first-order valence-corrected chi connectivity index (χ1v) is 6.06. The van der Waals surface area contributed by atoms with Crippen LogP contribution < -0.4 is 5.32 Å². The van der Waals surface area contributed by atoms with Gasteiger partial charge in [0.2, 0.25) is 0 Å². The van der Waals surface area contributed by atoms with Gasteiger partial charge < -0.3 is 10.3 Å². The minimum absolute atomic E-state index is 0.196. The molecule has 0 saturated heterocycles. The second-order valence-corrected chi connectivity index (χ2v) is 4.32. The van der Waals surface area contributed by atoms with E-state index in [1.807, 2.05) is 6.07 Å². The van der Waals surface area contributed by atoms with Crippen LogP contribution in [-0.2, 0) is 0 Å². The Morgan fingerprint density at radius 1 is 1.20 bits per heavy atom. The van der Waals surface area contributed by atoms with E-state index in [2.05, 4.69) is 15.3 Å². The summed E-state index contributed by atoms with van der Waals surface area (Å²) in [5, 5.41) is 3.55. The quantitative estimate of drug-likeness (QED) is 0.715. The summed E-state index contributed by atoms with van der Waals surface area (Å²) in [5.41, 5.74) is 2.24. The molecule has 3 aromatic rings. The van der Waals surface area contributed by atoms with Crippen LogP contribution in [0, 0.1) is 0 Å². The number of hydrogen-bond donors (Lipinski definition) is 2. The molecule has 0 fully saturated rings. The maximum absolute atomic E-state index is 12.0. The molecule has 0 aliphatic rings. The third-order valence-electron chi connectivity index (χ3n) is 2.91. The van der Waals surface area contributed by atoms with E-state index in [1.165, 1.54) is 0 Å². The van der Waals surface area contributed by atoms with E-state index in [0.717, 1.165) is 11.7 Å². The Bertz CT molecular complexity index is 778. The molecule has 0 unspecified atom stereocenters. The van der Waals surface area contributed by atoms with Crippen molar-refractivity contribution in [1.82, 2.24) is 9.97 Å². The Labute approximate surface area is 114 Å². The lowest BCUT2D eigenvalue weighted by Gasteiger charge is -2.04. The van der Waals surface area contributed by atoms with Crippen LogP contribution >= 0.6 is 0 Å². The van der Waals surface area contributed by atoms with Gasteiger partial charge >= 0.3 is 0 Å². The Hall–Kier alpha value is -2.95. The first-order chi connectivity index (χ1) is 9.76. The van der Waals surface area contributed by atoms with Crippen LogP contribution in [0.4, 0.5) is 5.69 Å². The normalized spacial score (nSPS) is 10.4. The summed E-state index contributed by atoms with van der Waals surface area (Å²) in [5.74, 6) is -0.196. The zero-order valence-electron chi connectivity index (χ0n) is 10.5. The zero-order valence-corrected chi connectivity index (χ0v) is 10.5. The van der Waals surface area contributed by atoms with Crippen LogP contribution in [0.3, 0.4) is 0 Å². The minimum atomic E-state index is -0.196. The van der Waals surface area contributed by atoms with Crippen molar-refractivity contribution < 1.29 is 9.59 Å². The summed E-state index contributed by atoms with van der Waals surface area (Å²) in [6.45, 7) is 0. The van der Waals surface area contributed by atoms with Gasteiger partial charge in [-0.05, 0) is 24.3 Å². The van der Waals surface area contributed by atoms with Crippen molar-refractivity contribution in [2.75, 3.05) is 5.32 Å². The molecule has 0 atom stereocenters. The van der Waals surface area contributed by atoms with E-state index in [0.29, 0.717) is 22.6 Å². The van der Waals surface area contributed by atoms with Crippen LogP contribution in [0.25, 0.3) is 11.0 Å². The third kappa shape index (κ3) is 2.29. The predicted octanol–water partition coefficient (Wildman–Crippen LogP) is 2.63. The Balaban J connectivity index is 1.87. The van der Waals surface area contributed by atoms with Crippen molar-refractivity contribution in [2.24, 2.45) is 0 Å². The number of pyridine rings is 1. The number of carbonyl (C=O) groups excluding carboxylic acids is 2. The maximum atomic E-state index is 12.0. The van der Waals surface area contributed by atoms with Crippen molar-refractivity contribution in [3.05, 3.63) is 59.9 Å². The van der Waals surface area contributed by atoms with Gasteiger partial charge in [-0.2, -0.15) is 0 Å². The fraction of sp³-hybridized carbons (Fsp3) is 0. The molecule has 1 amide bonds. The van der Waals surface area contributed by atoms with Crippen LogP contribution in [0.15, 0.2) is 48.7 Å². The number of benzene rings is 1. The molecule has 2 heterocycles. The van der Waals surface area contributed by atoms with Crippen molar-refractivity contribution in [3.8, 4) is 0 Å². The number of fused-ring (bicyclic) bond motifs is 1. The summed E-state index contributed by atoms with van der Waals surface area (Å²) in [7, 11) is 0. The number of aromatic nitrogens is 2. The second kappa shape index (κ2) is 4.97. The molecule has 0 spiro atoms. The third-order valence-corrected chi connectivity index (χ3v) is 2.91. The van der Waals surface area contributed by atoms with E-state index < -0.39 is 0 Å². The molecule has 0 radical (unpaired) electrons. The highest BCUT2D eigenvalue weighted by atomic mass is 16.1. The number of aromatic amines is 1. The zero-order chi connectivity index (χ0) is 13.9. The summed E-state index contributed by atoms with van der Waals surface area (Å²) in [6, 6.07) is 12.4. The number of nitrogens with one attached hydrogen (secondary N) is 2. The number of nitrogens with zero attached hydrogens (tertiary/aromatic N) is 1. The molecule has 2 N–H and O–H groups in total. The van der Waals surface area contributed by atoms with Crippen LogP contribution in [0.1, 0.15) is 20.8 Å². The topological polar surface area (TPSA) is 74.8 Å². The monoisotopic (exact) mass is 265 g/mol. The Kier molecular flexibility index (Phi) is 3.01. The average Bonchev–Trinajstić information content (AvgIpc) is 2.90. The van der Waals surface area contributed by atoms with E-state index in [4.69, 9.17) is 0 Å². The van der Waals surface area contributed by atoms with Gasteiger partial charge in [-0.25, -0.2) is 4.98 Å².